The van der Waals surface area contributed by atoms with E-state index in [1.807, 2.05) is 60.0 Å². The smallest absolute Gasteiger partial charge is 0.339 e. The highest BCUT2D eigenvalue weighted by Gasteiger charge is 2.19. The van der Waals surface area contributed by atoms with Crippen LogP contribution in [0.3, 0.4) is 0 Å². The third-order valence-electron chi connectivity index (χ3n) is 4.47. The summed E-state index contributed by atoms with van der Waals surface area (Å²) in [7, 11) is 0. The van der Waals surface area contributed by atoms with Crippen LogP contribution < -0.4 is 5.32 Å². The van der Waals surface area contributed by atoms with Gasteiger partial charge in [-0.05, 0) is 29.8 Å². The minimum atomic E-state index is -0.558. The lowest BCUT2D eigenvalue weighted by Crippen LogP contribution is -2.17. The molecule has 0 aliphatic rings. The number of hydrogen-bond donors (Lipinski definition) is 1. The standard InChI is InChI=1S/C24H17BrN2O3S/c25-18-12-10-16(11-13-18)14-30-23(29)20-9-5-4-8-19(20)22(28)27-24-26-21(15-31-24)17-6-2-1-3-7-17/h1-13,15H,14H2,(H,26,27,28). The summed E-state index contributed by atoms with van der Waals surface area (Å²) in [6, 6.07) is 23.8. The lowest BCUT2D eigenvalue weighted by Gasteiger charge is -2.09. The minimum absolute atomic E-state index is 0.120. The van der Waals surface area contributed by atoms with Crippen molar-refractivity contribution in [2.24, 2.45) is 0 Å². The number of carbonyl (C=O) groups excluding carboxylic acids is 2. The molecular weight excluding hydrogens is 476 g/mol. The Labute approximate surface area is 191 Å². The van der Waals surface area contributed by atoms with Gasteiger partial charge < -0.3 is 4.74 Å². The summed E-state index contributed by atoms with van der Waals surface area (Å²) < 4.78 is 6.36. The molecule has 0 saturated carbocycles. The number of aromatic nitrogens is 1. The van der Waals surface area contributed by atoms with Gasteiger partial charge in [0.25, 0.3) is 5.91 Å². The van der Waals surface area contributed by atoms with Gasteiger partial charge in [-0.25, -0.2) is 9.78 Å². The van der Waals surface area contributed by atoms with Crippen LogP contribution in [0.5, 0.6) is 0 Å². The zero-order valence-electron chi connectivity index (χ0n) is 16.2. The SMILES string of the molecule is O=C(Nc1nc(-c2ccccc2)cs1)c1ccccc1C(=O)OCc1ccc(Br)cc1. The summed E-state index contributed by atoms with van der Waals surface area (Å²) in [5.74, 6) is -0.970. The Hall–Kier alpha value is -3.29. The van der Waals surface area contributed by atoms with Crippen LogP contribution in [0, 0.1) is 0 Å². The van der Waals surface area contributed by atoms with Gasteiger partial charge in [-0.3, -0.25) is 10.1 Å². The van der Waals surface area contributed by atoms with Crippen molar-refractivity contribution in [3.8, 4) is 11.3 Å². The summed E-state index contributed by atoms with van der Waals surface area (Å²) in [4.78, 5) is 29.9. The Bertz CT molecular complexity index is 1210. The van der Waals surface area contributed by atoms with Crippen LogP contribution >= 0.6 is 27.3 Å². The van der Waals surface area contributed by atoms with Crippen LogP contribution in [0.15, 0.2) is 88.7 Å². The molecule has 0 aliphatic carbocycles. The predicted octanol–water partition coefficient (Wildman–Crippen LogP) is 6.18. The van der Waals surface area contributed by atoms with Crippen molar-refractivity contribution in [3.05, 3.63) is 105 Å². The minimum Gasteiger partial charge on any atom is -0.457 e. The number of anilines is 1. The molecule has 1 N–H and O–H groups in total. The fourth-order valence-electron chi connectivity index (χ4n) is 2.90. The molecule has 0 spiro atoms. The number of rotatable bonds is 6. The van der Waals surface area contributed by atoms with Crippen LogP contribution in [0.2, 0.25) is 0 Å². The molecule has 0 fully saturated rings. The summed E-state index contributed by atoms with van der Waals surface area (Å²) >= 11 is 4.70. The van der Waals surface area contributed by atoms with Gasteiger partial charge in [-0.15, -0.1) is 11.3 Å². The number of ether oxygens (including phenoxy) is 1. The Morgan fingerprint density at radius 3 is 2.32 bits per heavy atom. The molecule has 0 aliphatic heterocycles. The predicted molar refractivity (Wildman–Crippen MR) is 125 cm³/mol. The topological polar surface area (TPSA) is 68.3 Å². The van der Waals surface area contributed by atoms with Crippen molar-refractivity contribution in [3.63, 3.8) is 0 Å². The highest BCUT2D eigenvalue weighted by molar-refractivity contribution is 9.10. The largest absolute Gasteiger partial charge is 0.457 e. The lowest BCUT2D eigenvalue weighted by atomic mass is 10.1. The van der Waals surface area contributed by atoms with Crippen LogP contribution in [0.1, 0.15) is 26.3 Å². The molecule has 0 radical (unpaired) electrons. The second-order valence-corrected chi connectivity index (χ2v) is 8.38. The number of carbonyl (C=O) groups is 2. The van der Waals surface area contributed by atoms with E-state index in [1.165, 1.54) is 11.3 Å². The number of benzene rings is 3. The molecule has 1 heterocycles. The molecule has 1 aromatic heterocycles. The van der Waals surface area contributed by atoms with Crippen LogP contribution in [0.25, 0.3) is 11.3 Å². The highest BCUT2D eigenvalue weighted by Crippen LogP contribution is 2.25. The first-order valence-electron chi connectivity index (χ1n) is 9.43. The Balaban J connectivity index is 1.46. The van der Waals surface area contributed by atoms with E-state index < -0.39 is 11.9 Å². The molecule has 0 unspecified atom stereocenters. The molecule has 4 aromatic rings. The number of nitrogens with one attached hydrogen (secondary N) is 1. The number of halogens is 1. The average molecular weight is 493 g/mol. The average Bonchev–Trinajstić information content (AvgIpc) is 3.27. The van der Waals surface area contributed by atoms with E-state index in [0.29, 0.717) is 5.13 Å². The maximum Gasteiger partial charge on any atom is 0.339 e. The number of amides is 1. The van der Waals surface area contributed by atoms with Crippen molar-refractivity contribution < 1.29 is 14.3 Å². The van der Waals surface area contributed by atoms with Crippen molar-refractivity contribution in [2.75, 3.05) is 5.32 Å². The molecule has 31 heavy (non-hydrogen) atoms. The normalized spacial score (nSPS) is 10.5. The summed E-state index contributed by atoms with van der Waals surface area (Å²) in [5.41, 5.74) is 3.05. The summed E-state index contributed by atoms with van der Waals surface area (Å²) in [6.07, 6.45) is 0. The molecule has 154 valence electrons. The van der Waals surface area contributed by atoms with Gasteiger partial charge in [0.05, 0.1) is 16.8 Å². The lowest BCUT2D eigenvalue weighted by molar-refractivity contribution is 0.0470. The molecule has 4 rings (SSSR count). The van der Waals surface area contributed by atoms with Gasteiger partial charge in [0.1, 0.15) is 6.61 Å². The van der Waals surface area contributed by atoms with E-state index in [0.717, 1.165) is 21.3 Å². The molecule has 0 saturated heterocycles. The molecule has 0 bridgehead atoms. The van der Waals surface area contributed by atoms with Crippen LogP contribution in [-0.2, 0) is 11.3 Å². The zero-order chi connectivity index (χ0) is 21.6. The molecule has 1 amide bonds. The quantitative estimate of drug-likeness (QED) is 0.326. The number of nitrogens with zero attached hydrogens (tertiary/aromatic N) is 1. The van der Waals surface area contributed by atoms with E-state index in [-0.39, 0.29) is 17.7 Å². The zero-order valence-corrected chi connectivity index (χ0v) is 18.7. The van der Waals surface area contributed by atoms with E-state index in [1.54, 1.807) is 24.3 Å². The van der Waals surface area contributed by atoms with Crippen LogP contribution in [0.4, 0.5) is 5.13 Å². The van der Waals surface area contributed by atoms with Crippen molar-refractivity contribution in [1.29, 1.82) is 0 Å². The fourth-order valence-corrected chi connectivity index (χ4v) is 3.88. The Morgan fingerprint density at radius 2 is 1.58 bits per heavy atom. The highest BCUT2D eigenvalue weighted by atomic mass is 79.9. The van der Waals surface area contributed by atoms with Crippen molar-refractivity contribution in [1.82, 2.24) is 4.98 Å². The Kier molecular flexibility index (Phi) is 6.54. The Morgan fingerprint density at radius 1 is 0.903 bits per heavy atom. The molecular formula is C24H17BrN2O3S. The van der Waals surface area contributed by atoms with E-state index in [2.05, 4.69) is 26.2 Å². The third-order valence-corrected chi connectivity index (χ3v) is 5.76. The van der Waals surface area contributed by atoms with E-state index in [9.17, 15) is 9.59 Å². The first-order chi connectivity index (χ1) is 15.1. The maximum atomic E-state index is 12.8. The van der Waals surface area contributed by atoms with Gasteiger partial charge in [0.2, 0.25) is 0 Å². The van der Waals surface area contributed by atoms with Gasteiger partial charge in [0, 0.05) is 15.4 Å². The second kappa shape index (κ2) is 9.68. The van der Waals surface area contributed by atoms with Crippen molar-refractivity contribution in [2.45, 2.75) is 6.61 Å². The molecule has 0 atom stereocenters. The second-order valence-electron chi connectivity index (χ2n) is 6.61. The number of esters is 1. The monoisotopic (exact) mass is 492 g/mol. The third kappa shape index (κ3) is 5.25. The van der Waals surface area contributed by atoms with Crippen molar-refractivity contribution >= 4 is 44.3 Å². The molecule has 5 nitrogen and oxygen atoms in total. The summed E-state index contributed by atoms with van der Waals surface area (Å²) in [5, 5.41) is 5.12. The number of hydrogen-bond acceptors (Lipinski definition) is 5. The van der Waals surface area contributed by atoms with E-state index in [4.69, 9.17) is 4.74 Å². The van der Waals surface area contributed by atoms with Gasteiger partial charge in [0.15, 0.2) is 5.13 Å². The first-order valence-corrected chi connectivity index (χ1v) is 11.1. The van der Waals surface area contributed by atoms with Gasteiger partial charge in [-0.2, -0.15) is 0 Å². The van der Waals surface area contributed by atoms with E-state index >= 15 is 0 Å². The maximum absolute atomic E-state index is 12.8. The van der Waals surface area contributed by atoms with Gasteiger partial charge >= 0.3 is 5.97 Å². The number of thiazole rings is 1. The summed E-state index contributed by atoms with van der Waals surface area (Å²) in [6.45, 7) is 0.120. The fraction of sp³-hybridized carbons (Fsp3) is 0.0417. The van der Waals surface area contributed by atoms with Crippen LogP contribution in [-0.4, -0.2) is 16.9 Å². The first kappa shape index (κ1) is 21.0. The van der Waals surface area contributed by atoms with Gasteiger partial charge in [-0.1, -0.05) is 70.5 Å². The molecule has 7 heteroatoms. The molecule has 3 aromatic carbocycles.